The van der Waals surface area contributed by atoms with E-state index in [0.29, 0.717) is 0 Å². The average Bonchev–Trinajstić information content (AvgIpc) is 2.95. The molecule has 0 atom stereocenters. The van der Waals surface area contributed by atoms with E-state index in [1.54, 1.807) is 0 Å². The fourth-order valence-corrected chi connectivity index (χ4v) is 4.08. The fraction of sp³-hybridized carbons (Fsp3) is 0. The summed E-state index contributed by atoms with van der Waals surface area (Å²) in [5, 5.41) is 57.1. The van der Waals surface area contributed by atoms with Gasteiger partial charge in [-0.3, -0.25) is 0 Å². The summed E-state index contributed by atoms with van der Waals surface area (Å²) in [5.41, 5.74) is -2.37. The van der Waals surface area contributed by atoms with E-state index < -0.39 is 58.1 Å². The standard InChI is InChI=1S/C29H17NO12/c31-24(32)16-1-12(2-17(7-16)25(33)34)13-10-22(14-3-18(26(35)36)8-19(4-14)27(37)38)30-23(11-13)15-5-20(28(39)40)9-21(6-15)29(41)42/h1-11H,(H,31,32)(H,33,34)(H,35,36)(H,37,38)(H,39,40)(H,41,42). The van der Waals surface area contributed by atoms with Crippen LogP contribution in [-0.2, 0) is 0 Å². The lowest BCUT2D eigenvalue weighted by Crippen LogP contribution is -2.05. The fourth-order valence-electron chi connectivity index (χ4n) is 4.08. The van der Waals surface area contributed by atoms with Gasteiger partial charge in [0.1, 0.15) is 0 Å². The molecule has 0 aliphatic rings. The van der Waals surface area contributed by atoms with Crippen LogP contribution >= 0.6 is 0 Å². The number of benzene rings is 3. The minimum absolute atomic E-state index is 0.0175. The minimum Gasteiger partial charge on any atom is -0.478 e. The van der Waals surface area contributed by atoms with Crippen molar-refractivity contribution in [2.45, 2.75) is 0 Å². The number of aromatic carboxylic acids is 6. The van der Waals surface area contributed by atoms with Gasteiger partial charge in [-0.1, -0.05) is 0 Å². The van der Waals surface area contributed by atoms with Gasteiger partial charge in [0.05, 0.1) is 44.8 Å². The molecule has 210 valence electrons. The summed E-state index contributed by atoms with van der Waals surface area (Å²) in [5.74, 6) is -8.66. The predicted molar refractivity (Wildman–Crippen MR) is 142 cm³/mol. The first kappa shape index (κ1) is 28.6. The zero-order chi connectivity index (χ0) is 30.9. The molecule has 0 aliphatic heterocycles. The first-order valence-electron chi connectivity index (χ1n) is 11.6. The van der Waals surface area contributed by atoms with Crippen LogP contribution in [0.4, 0.5) is 0 Å². The van der Waals surface area contributed by atoms with Crippen molar-refractivity contribution in [1.82, 2.24) is 4.98 Å². The van der Waals surface area contributed by atoms with Crippen LogP contribution in [0.3, 0.4) is 0 Å². The smallest absolute Gasteiger partial charge is 0.335 e. The van der Waals surface area contributed by atoms with E-state index in [2.05, 4.69) is 4.98 Å². The van der Waals surface area contributed by atoms with Crippen molar-refractivity contribution >= 4 is 35.8 Å². The molecule has 4 rings (SSSR count). The van der Waals surface area contributed by atoms with Crippen LogP contribution in [-0.4, -0.2) is 71.4 Å². The van der Waals surface area contributed by atoms with E-state index in [9.17, 15) is 59.4 Å². The predicted octanol–water partition coefficient (Wildman–Crippen LogP) is 4.27. The summed E-state index contributed by atoms with van der Waals surface area (Å²) in [6, 6.07) is 12.2. The van der Waals surface area contributed by atoms with Gasteiger partial charge < -0.3 is 30.6 Å². The van der Waals surface area contributed by atoms with Gasteiger partial charge in [0.2, 0.25) is 0 Å². The highest BCUT2D eigenvalue weighted by molar-refractivity contribution is 5.99. The molecule has 42 heavy (non-hydrogen) atoms. The number of hydrogen-bond acceptors (Lipinski definition) is 7. The first-order chi connectivity index (χ1) is 19.7. The average molecular weight is 571 g/mol. The summed E-state index contributed by atoms with van der Waals surface area (Å²) in [6.45, 7) is 0. The maximum atomic E-state index is 11.7. The molecule has 13 heteroatoms. The van der Waals surface area contributed by atoms with E-state index in [-0.39, 0.29) is 44.8 Å². The Bertz CT molecular complexity index is 1540. The number of carbonyl (C=O) groups is 6. The van der Waals surface area contributed by atoms with Crippen molar-refractivity contribution in [1.29, 1.82) is 0 Å². The van der Waals surface area contributed by atoms with Crippen LogP contribution in [0, 0.1) is 0 Å². The van der Waals surface area contributed by atoms with Gasteiger partial charge in [-0.05, 0) is 77.9 Å². The van der Waals surface area contributed by atoms with E-state index in [4.69, 9.17) is 0 Å². The summed E-state index contributed by atoms with van der Waals surface area (Å²) < 4.78 is 0. The van der Waals surface area contributed by atoms with Gasteiger partial charge in [-0.2, -0.15) is 0 Å². The van der Waals surface area contributed by atoms with E-state index in [1.807, 2.05) is 0 Å². The second kappa shape index (κ2) is 11.0. The summed E-state index contributed by atoms with van der Waals surface area (Å²) in [4.78, 5) is 74.7. The van der Waals surface area contributed by atoms with Gasteiger partial charge in [0, 0.05) is 11.1 Å². The molecule has 0 amide bonds. The first-order valence-corrected chi connectivity index (χ1v) is 11.6. The zero-order valence-electron chi connectivity index (χ0n) is 20.9. The molecule has 1 heterocycles. The molecular weight excluding hydrogens is 554 g/mol. The highest BCUT2D eigenvalue weighted by Gasteiger charge is 2.19. The molecule has 0 bridgehead atoms. The number of nitrogens with zero attached hydrogens (tertiary/aromatic N) is 1. The second-order valence-electron chi connectivity index (χ2n) is 8.85. The van der Waals surface area contributed by atoms with Gasteiger partial charge in [0.25, 0.3) is 0 Å². The quantitative estimate of drug-likeness (QED) is 0.165. The number of pyridine rings is 1. The van der Waals surface area contributed by atoms with Gasteiger partial charge in [0.15, 0.2) is 0 Å². The van der Waals surface area contributed by atoms with E-state index in [1.165, 1.54) is 12.1 Å². The maximum Gasteiger partial charge on any atom is 0.335 e. The summed E-state index contributed by atoms with van der Waals surface area (Å²) in [6.07, 6.45) is 0. The molecule has 0 saturated heterocycles. The third kappa shape index (κ3) is 5.94. The number of carboxylic acids is 6. The molecule has 0 saturated carbocycles. The number of rotatable bonds is 9. The lowest BCUT2D eigenvalue weighted by atomic mass is 9.95. The summed E-state index contributed by atoms with van der Waals surface area (Å²) in [7, 11) is 0. The molecule has 0 spiro atoms. The normalized spacial score (nSPS) is 10.6. The van der Waals surface area contributed by atoms with Gasteiger partial charge >= 0.3 is 35.8 Å². The Morgan fingerprint density at radius 3 is 0.786 bits per heavy atom. The Labute approximate surface area is 234 Å². The van der Waals surface area contributed by atoms with Crippen LogP contribution in [0.1, 0.15) is 62.1 Å². The molecule has 0 radical (unpaired) electrons. The Kier molecular flexibility index (Phi) is 7.51. The van der Waals surface area contributed by atoms with Crippen molar-refractivity contribution in [3.8, 4) is 33.6 Å². The van der Waals surface area contributed by atoms with Gasteiger partial charge in [-0.15, -0.1) is 0 Å². The lowest BCUT2D eigenvalue weighted by molar-refractivity contribution is 0.0676. The van der Waals surface area contributed by atoms with Crippen LogP contribution in [0.2, 0.25) is 0 Å². The zero-order valence-corrected chi connectivity index (χ0v) is 20.9. The van der Waals surface area contributed by atoms with Crippen LogP contribution < -0.4 is 0 Å². The van der Waals surface area contributed by atoms with Crippen LogP contribution in [0.15, 0.2) is 66.7 Å². The minimum atomic E-state index is -1.45. The molecular formula is C29H17NO12. The third-order valence-electron chi connectivity index (χ3n) is 6.03. The van der Waals surface area contributed by atoms with Crippen molar-refractivity contribution in [2.75, 3.05) is 0 Å². The topological polar surface area (TPSA) is 237 Å². The Morgan fingerprint density at radius 1 is 0.333 bits per heavy atom. The molecule has 1 aromatic heterocycles. The van der Waals surface area contributed by atoms with Crippen molar-refractivity contribution in [2.24, 2.45) is 0 Å². The van der Waals surface area contributed by atoms with Crippen molar-refractivity contribution in [3.05, 3.63) is 100 Å². The second-order valence-corrected chi connectivity index (χ2v) is 8.85. The van der Waals surface area contributed by atoms with Gasteiger partial charge in [-0.25, -0.2) is 33.8 Å². The number of hydrogen-bond donors (Lipinski definition) is 6. The van der Waals surface area contributed by atoms with E-state index >= 15 is 0 Å². The highest BCUT2D eigenvalue weighted by atomic mass is 16.4. The summed E-state index contributed by atoms with van der Waals surface area (Å²) >= 11 is 0. The Morgan fingerprint density at radius 2 is 0.548 bits per heavy atom. The van der Waals surface area contributed by atoms with Crippen LogP contribution in [0.25, 0.3) is 33.6 Å². The number of carboxylic acid groups (broad SMARTS) is 6. The van der Waals surface area contributed by atoms with Crippen LogP contribution in [0.5, 0.6) is 0 Å². The third-order valence-corrected chi connectivity index (χ3v) is 6.03. The molecule has 0 unspecified atom stereocenters. The van der Waals surface area contributed by atoms with E-state index in [0.717, 1.165) is 54.6 Å². The molecule has 0 fully saturated rings. The molecule has 13 nitrogen and oxygen atoms in total. The number of aromatic nitrogens is 1. The molecule has 6 N–H and O–H groups in total. The van der Waals surface area contributed by atoms with Crippen molar-refractivity contribution < 1.29 is 59.4 Å². The molecule has 4 aromatic rings. The largest absolute Gasteiger partial charge is 0.478 e. The highest BCUT2D eigenvalue weighted by Crippen LogP contribution is 2.33. The monoisotopic (exact) mass is 571 g/mol. The molecule has 3 aromatic carbocycles. The van der Waals surface area contributed by atoms with Crippen molar-refractivity contribution in [3.63, 3.8) is 0 Å². The molecule has 0 aliphatic carbocycles. The Balaban J connectivity index is 2.10. The SMILES string of the molecule is O=C(O)c1cc(C(=O)O)cc(-c2cc(-c3cc(C(=O)O)cc(C(=O)O)c3)nc(-c3cc(C(=O)O)cc(C(=O)O)c3)c2)c1. The lowest BCUT2D eigenvalue weighted by Gasteiger charge is -2.13. The Hall–Kier alpha value is -6.37. The maximum absolute atomic E-state index is 11.7.